The highest BCUT2D eigenvalue weighted by Gasteiger charge is 2.67. The Kier molecular flexibility index (Phi) is 0.810. The van der Waals surface area contributed by atoms with Crippen molar-refractivity contribution in [2.75, 3.05) is 0 Å². The molecule has 0 saturated heterocycles. The van der Waals surface area contributed by atoms with Crippen LogP contribution in [0.4, 0.5) is 0 Å². The Bertz CT molecular complexity index is 157. The van der Waals surface area contributed by atoms with E-state index in [0.29, 0.717) is 0 Å². The van der Waals surface area contributed by atoms with E-state index in [4.69, 9.17) is 0 Å². The molecule has 0 aromatic rings. The van der Waals surface area contributed by atoms with Gasteiger partial charge in [-0.15, -0.1) is 0 Å². The van der Waals surface area contributed by atoms with Gasteiger partial charge in [0, 0.05) is 0 Å². The maximum Gasteiger partial charge on any atom is -0.0212 e. The molecule has 1 spiro atoms. The molecule has 0 radical (unpaired) electrons. The van der Waals surface area contributed by atoms with Crippen molar-refractivity contribution in [2.24, 2.45) is 23.2 Å². The highest BCUT2D eigenvalue weighted by Crippen LogP contribution is 2.75. The molecule has 0 N–H and O–H groups in total. The summed E-state index contributed by atoms with van der Waals surface area (Å²) in [5.74, 6) is 3.47. The summed E-state index contributed by atoms with van der Waals surface area (Å²) in [6.07, 6.45) is 7.87. The summed E-state index contributed by atoms with van der Waals surface area (Å²) in [4.78, 5) is 0. The normalized spacial score (nSPS) is 63.9. The van der Waals surface area contributed by atoms with E-state index in [1.54, 1.807) is 32.1 Å². The van der Waals surface area contributed by atoms with Crippen LogP contribution >= 0.6 is 0 Å². The molecule has 10 heavy (non-hydrogen) atoms. The average Bonchev–Trinajstić information content (AvgIpc) is 2.66. The molecule has 3 fully saturated rings. The number of rotatable bonds is 0. The topological polar surface area (TPSA) is 0 Å². The number of hydrogen-bond donors (Lipinski definition) is 0. The van der Waals surface area contributed by atoms with Gasteiger partial charge in [-0.1, -0.05) is 13.3 Å². The molecular weight excluding hydrogens is 120 g/mol. The van der Waals surface area contributed by atoms with E-state index in [0.717, 1.165) is 11.3 Å². The van der Waals surface area contributed by atoms with Crippen LogP contribution < -0.4 is 0 Å². The Balaban J connectivity index is 1.89. The van der Waals surface area contributed by atoms with Gasteiger partial charge in [0.2, 0.25) is 0 Å². The van der Waals surface area contributed by atoms with Gasteiger partial charge >= 0.3 is 0 Å². The predicted molar refractivity (Wildman–Crippen MR) is 41.7 cm³/mol. The summed E-state index contributed by atoms with van der Waals surface area (Å²) in [6, 6.07) is 0. The van der Waals surface area contributed by atoms with Crippen LogP contribution in [0, 0.1) is 23.2 Å². The molecule has 0 amide bonds. The predicted octanol–water partition coefficient (Wildman–Crippen LogP) is 2.83. The van der Waals surface area contributed by atoms with Gasteiger partial charge in [-0.25, -0.2) is 0 Å². The first-order chi connectivity index (χ1) is 4.84. The molecule has 0 heterocycles. The first kappa shape index (κ1) is 5.62. The van der Waals surface area contributed by atoms with Crippen LogP contribution in [0.1, 0.15) is 39.0 Å². The third-order valence-electron chi connectivity index (χ3n) is 4.61. The molecule has 2 bridgehead atoms. The minimum atomic E-state index is 0.943. The van der Waals surface area contributed by atoms with Crippen molar-refractivity contribution in [3.8, 4) is 0 Å². The van der Waals surface area contributed by atoms with Crippen molar-refractivity contribution in [1.82, 2.24) is 0 Å². The summed E-state index contributed by atoms with van der Waals surface area (Å²) >= 11 is 0. The minimum absolute atomic E-state index is 0.943. The lowest BCUT2D eigenvalue weighted by Gasteiger charge is -2.51. The lowest BCUT2D eigenvalue weighted by Crippen LogP contribution is -2.43. The Morgan fingerprint density at radius 2 is 1.80 bits per heavy atom. The zero-order valence-electron chi connectivity index (χ0n) is 6.77. The smallest absolute Gasteiger partial charge is 0.0212 e. The van der Waals surface area contributed by atoms with Crippen LogP contribution in [-0.4, -0.2) is 0 Å². The quantitative estimate of drug-likeness (QED) is 0.480. The molecule has 3 aliphatic rings. The number of hydrogen-bond acceptors (Lipinski definition) is 0. The van der Waals surface area contributed by atoms with E-state index in [1.807, 2.05) is 0 Å². The van der Waals surface area contributed by atoms with Gasteiger partial charge in [-0.2, -0.15) is 0 Å². The van der Waals surface area contributed by atoms with E-state index >= 15 is 0 Å². The summed E-state index contributed by atoms with van der Waals surface area (Å²) in [6.45, 7) is 2.46. The highest BCUT2D eigenvalue weighted by molar-refractivity contribution is 5.16. The second kappa shape index (κ2) is 1.44. The molecule has 56 valence electrons. The van der Waals surface area contributed by atoms with E-state index in [1.165, 1.54) is 11.8 Å². The van der Waals surface area contributed by atoms with Gasteiger partial charge in [0.25, 0.3) is 0 Å². The average molecular weight is 136 g/mol. The van der Waals surface area contributed by atoms with Crippen molar-refractivity contribution in [1.29, 1.82) is 0 Å². The molecule has 3 atom stereocenters. The van der Waals surface area contributed by atoms with Crippen LogP contribution in [0.25, 0.3) is 0 Å². The lowest BCUT2D eigenvalue weighted by molar-refractivity contribution is -0.0211. The van der Waals surface area contributed by atoms with Gasteiger partial charge < -0.3 is 0 Å². The van der Waals surface area contributed by atoms with Crippen molar-refractivity contribution in [2.45, 2.75) is 39.0 Å². The van der Waals surface area contributed by atoms with Crippen LogP contribution in [0.2, 0.25) is 0 Å². The van der Waals surface area contributed by atoms with Crippen molar-refractivity contribution >= 4 is 0 Å². The van der Waals surface area contributed by atoms with E-state index in [9.17, 15) is 0 Å². The molecule has 3 unspecified atom stereocenters. The van der Waals surface area contributed by atoms with Crippen molar-refractivity contribution < 1.29 is 0 Å². The maximum absolute atomic E-state index is 2.46. The first-order valence-electron chi connectivity index (χ1n) is 4.84. The summed E-state index contributed by atoms with van der Waals surface area (Å²) in [7, 11) is 0. The Morgan fingerprint density at radius 3 is 2.10 bits per heavy atom. The van der Waals surface area contributed by atoms with Crippen molar-refractivity contribution in [3.63, 3.8) is 0 Å². The molecule has 0 nitrogen and oxygen atoms in total. The van der Waals surface area contributed by atoms with Crippen LogP contribution in [-0.2, 0) is 0 Å². The van der Waals surface area contributed by atoms with E-state index < -0.39 is 0 Å². The highest BCUT2D eigenvalue weighted by atomic mass is 14.7. The Hall–Kier alpha value is 0. The van der Waals surface area contributed by atoms with Crippen LogP contribution in [0.5, 0.6) is 0 Å². The fourth-order valence-electron chi connectivity index (χ4n) is 3.95. The molecule has 0 heteroatoms. The van der Waals surface area contributed by atoms with E-state index in [-0.39, 0.29) is 0 Å². The molecule has 3 saturated carbocycles. The van der Waals surface area contributed by atoms with Crippen LogP contribution in [0.3, 0.4) is 0 Å². The fourth-order valence-corrected chi connectivity index (χ4v) is 3.95. The zero-order chi connectivity index (χ0) is 6.77. The zero-order valence-corrected chi connectivity index (χ0v) is 6.77. The molecule has 3 aliphatic carbocycles. The SMILES string of the molecule is CC1CC12C1CCCC2C1. The second-order valence-corrected chi connectivity index (χ2v) is 4.78. The van der Waals surface area contributed by atoms with Gasteiger partial charge in [0.15, 0.2) is 0 Å². The fraction of sp³-hybridized carbons (Fsp3) is 1.00. The van der Waals surface area contributed by atoms with Crippen molar-refractivity contribution in [3.05, 3.63) is 0 Å². The standard InChI is InChI=1S/C10H16/c1-7-6-10(7)8-3-2-4-9(10)5-8/h7-9H,2-6H2,1H3. The Morgan fingerprint density at radius 1 is 1.20 bits per heavy atom. The van der Waals surface area contributed by atoms with Gasteiger partial charge in [-0.3, -0.25) is 0 Å². The Labute approximate surface area is 63.0 Å². The van der Waals surface area contributed by atoms with Gasteiger partial charge in [0.05, 0.1) is 0 Å². The summed E-state index contributed by atoms with van der Waals surface area (Å²) < 4.78 is 0. The monoisotopic (exact) mass is 136 g/mol. The molecule has 3 rings (SSSR count). The third kappa shape index (κ3) is 0.408. The molecule has 0 aliphatic heterocycles. The molecule has 0 aromatic carbocycles. The van der Waals surface area contributed by atoms with Gasteiger partial charge in [0.1, 0.15) is 0 Å². The van der Waals surface area contributed by atoms with Crippen LogP contribution in [0.15, 0.2) is 0 Å². The van der Waals surface area contributed by atoms with Gasteiger partial charge in [-0.05, 0) is 48.9 Å². The first-order valence-corrected chi connectivity index (χ1v) is 4.84. The third-order valence-corrected chi connectivity index (χ3v) is 4.61. The minimum Gasteiger partial charge on any atom is -0.0619 e. The largest absolute Gasteiger partial charge is 0.0619 e. The second-order valence-electron chi connectivity index (χ2n) is 4.78. The maximum atomic E-state index is 2.46. The lowest BCUT2D eigenvalue weighted by atomic mass is 9.53. The summed E-state index contributed by atoms with van der Waals surface area (Å²) in [5, 5.41) is 0. The molecule has 0 aromatic heterocycles. The van der Waals surface area contributed by atoms with E-state index in [2.05, 4.69) is 6.92 Å². The summed E-state index contributed by atoms with van der Waals surface area (Å²) in [5.41, 5.74) is 0.943. The molecular formula is C10H16.